The minimum Gasteiger partial charge on any atom is -0.478 e. The number of hydrogen-bond donors (Lipinski definition) is 2. The molecule has 0 radical (unpaired) electrons. The van der Waals surface area contributed by atoms with E-state index < -0.39 is 28.5 Å². The van der Waals surface area contributed by atoms with E-state index in [1.807, 2.05) is 13.0 Å². The SMILES string of the molecule is CCC(C)(C)C(=O)C(Cl)C(=O)Nc1cc(C(=O)O)ccc1Oc1ccccc1. The Labute approximate surface area is 168 Å². The van der Waals surface area contributed by atoms with Crippen LogP contribution in [0.1, 0.15) is 37.6 Å². The number of carbonyl (C=O) groups excluding carboxylic acids is 2. The Bertz CT molecular complexity index is 880. The highest BCUT2D eigenvalue weighted by Gasteiger charge is 2.35. The number of anilines is 1. The second kappa shape index (κ2) is 8.89. The highest BCUT2D eigenvalue weighted by atomic mass is 35.5. The summed E-state index contributed by atoms with van der Waals surface area (Å²) < 4.78 is 5.74. The number of rotatable bonds is 8. The standard InChI is InChI=1S/C21H22ClNO5/c1-4-21(2,3)18(24)17(22)19(25)23-15-12-13(20(26)27)10-11-16(15)28-14-8-6-5-7-9-14/h5-12,17H,4H2,1-3H3,(H,23,25)(H,26,27). The van der Waals surface area contributed by atoms with Crippen LogP contribution in [-0.2, 0) is 9.59 Å². The number of para-hydroxylation sites is 1. The van der Waals surface area contributed by atoms with E-state index in [0.29, 0.717) is 12.2 Å². The quantitative estimate of drug-likeness (QED) is 0.491. The van der Waals surface area contributed by atoms with E-state index in [0.717, 1.165) is 0 Å². The molecule has 0 fully saturated rings. The van der Waals surface area contributed by atoms with Gasteiger partial charge in [0.05, 0.1) is 11.3 Å². The molecule has 148 valence electrons. The fraction of sp³-hybridized carbons (Fsp3) is 0.286. The number of carboxylic acids is 1. The van der Waals surface area contributed by atoms with Gasteiger partial charge in [-0.25, -0.2) is 4.79 Å². The minimum absolute atomic E-state index is 0.0398. The lowest BCUT2D eigenvalue weighted by Crippen LogP contribution is -2.38. The van der Waals surface area contributed by atoms with Crippen LogP contribution < -0.4 is 10.1 Å². The van der Waals surface area contributed by atoms with E-state index in [4.69, 9.17) is 16.3 Å². The van der Waals surface area contributed by atoms with Crippen molar-refractivity contribution in [1.29, 1.82) is 0 Å². The monoisotopic (exact) mass is 403 g/mol. The molecule has 2 aromatic carbocycles. The molecule has 0 spiro atoms. The average Bonchev–Trinajstić information content (AvgIpc) is 2.68. The number of nitrogens with one attached hydrogen (secondary N) is 1. The van der Waals surface area contributed by atoms with Gasteiger partial charge in [-0.3, -0.25) is 9.59 Å². The maximum Gasteiger partial charge on any atom is 0.335 e. The van der Waals surface area contributed by atoms with Gasteiger partial charge in [0, 0.05) is 5.41 Å². The van der Waals surface area contributed by atoms with Gasteiger partial charge < -0.3 is 15.2 Å². The lowest BCUT2D eigenvalue weighted by molar-refractivity contribution is -0.130. The Kier molecular flexibility index (Phi) is 6.80. The molecular weight excluding hydrogens is 382 g/mol. The molecule has 2 N–H and O–H groups in total. The first-order valence-electron chi connectivity index (χ1n) is 8.75. The Morgan fingerprint density at radius 2 is 1.79 bits per heavy atom. The zero-order valence-electron chi connectivity index (χ0n) is 15.9. The van der Waals surface area contributed by atoms with Crippen LogP contribution in [0.25, 0.3) is 0 Å². The van der Waals surface area contributed by atoms with E-state index >= 15 is 0 Å². The van der Waals surface area contributed by atoms with Gasteiger partial charge in [0.1, 0.15) is 5.75 Å². The molecule has 0 aliphatic heterocycles. The molecule has 2 aromatic rings. The van der Waals surface area contributed by atoms with Crippen LogP contribution >= 0.6 is 11.6 Å². The van der Waals surface area contributed by atoms with E-state index in [-0.39, 0.29) is 17.0 Å². The molecule has 1 amide bonds. The van der Waals surface area contributed by atoms with E-state index in [2.05, 4.69) is 5.32 Å². The number of ether oxygens (including phenoxy) is 1. The second-order valence-electron chi connectivity index (χ2n) is 6.88. The van der Waals surface area contributed by atoms with E-state index in [1.165, 1.54) is 18.2 Å². The van der Waals surface area contributed by atoms with E-state index in [9.17, 15) is 19.5 Å². The predicted molar refractivity (Wildman–Crippen MR) is 107 cm³/mol. The normalized spacial score (nSPS) is 12.1. The number of alkyl halides is 1. The number of benzene rings is 2. The van der Waals surface area contributed by atoms with Crippen molar-refractivity contribution in [2.24, 2.45) is 5.41 Å². The molecule has 0 aliphatic carbocycles. The summed E-state index contributed by atoms with van der Waals surface area (Å²) in [7, 11) is 0. The van der Waals surface area contributed by atoms with E-state index in [1.54, 1.807) is 38.1 Å². The summed E-state index contributed by atoms with van der Waals surface area (Å²) in [6, 6.07) is 12.9. The highest BCUT2D eigenvalue weighted by Crippen LogP contribution is 2.32. The van der Waals surface area contributed by atoms with Gasteiger partial charge in [-0.1, -0.05) is 39.0 Å². The number of hydrogen-bond acceptors (Lipinski definition) is 4. The summed E-state index contributed by atoms with van der Waals surface area (Å²) >= 11 is 6.09. The minimum atomic E-state index is -1.41. The van der Waals surface area contributed by atoms with Crippen molar-refractivity contribution >= 4 is 34.9 Å². The predicted octanol–water partition coefficient (Wildman–Crippen LogP) is 4.73. The van der Waals surface area contributed by atoms with Crippen molar-refractivity contribution in [3.8, 4) is 11.5 Å². The molecule has 7 heteroatoms. The van der Waals surface area contributed by atoms with Crippen molar-refractivity contribution in [2.45, 2.75) is 32.6 Å². The number of aromatic carboxylic acids is 1. The van der Waals surface area contributed by atoms with Gasteiger partial charge in [0.15, 0.2) is 16.9 Å². The molecule has 0 aliphatic rings. The van der Waals surface area contributed by atoms with Crippen molar-refractivity contribution in [3.05, 3.63) is 54.1 Å². The Morgan fingerprint density at radius 3 is 2.36 bits per heavy atom. The van der Waals surface area contributed by atoms with Gasteiger partial charge in [-0.2, -0.15) is 0 Å². The molecule has 28 heavy (non-hydrogen) atoms. The molecule has 0 saturated heterocycles. The van der Waals surface area contributed by atoms with Crippen LogP contribution in [0, 0.1) is 5.41 Å². The fourth-order valence-corrected chi connectivity index (χ4v) is 2.65. The molecule has 2 rings (SSSR count). The maximum atomic E-state index is 12.5. The number of carbonyl (C=O) groups is 3. The van der Waals surface area contributed by atoms with Crippen molar-refractivity contribution in [3.63, 3.8) is 0 Å². The molecule has 1 atom stereocenters. The second-order valence-corrected chi connectivity index (χ2v) is 7.32. The first kappa shape index (κ1) is 21.4. The summed E-state index contributed by atoms with van der Waals surface area (Å²) in [5.74, 6) is -1.57. The number of halogens is 1. The van der Waals surface area contributed by atoms with Gasteiger partial charge in [0.25, 0.3) is 0 Å². The fourth-order valence-electron chi connectivity index (χ4n) is 2.30. The topological polar surface area (TPSA) is 92.7 Å². The van der Waals surface area contributed by atoms with Crippen LogP contribution in [0.15, 0.2) is 48.5 Å². The zero-order valence-corrected chi connectivity index (χ0v) is 16.6. The van der Waals surface area contributed by atoms with Crippen LogP contribution in [0.5, 0.6) is 11.5 Å². The van der Waals surface area contributed by atoms with Gasteiger partial charge >= 0.3 is 5.97 Å². The zero-order chi connectivity index (χ0) is 20.9. The van der Waals surface area contributed by atoms with Gasteiger partial charge in [-0.15, -0.1) is 11.6 Å². The third kappa shape index (κ3) is 5.10. The third-order valence-electron chi connectivity index (χ3n) is 4.47. The van der Waals surface area contributed by atoms with Crippen LogP contribution in [-0.4, -0.2) is 28.1 Å². The molecular formula is C21H22ClNO5. The van der Waals surface area contributed by atoms with Crippen molar-refractivity contribution in [2.75, 3.05) is 5.32 Å². The number of ketones is 1. The third-order valence-corrected chi connectivity index (χ3v) is 4.86. The van der Waals surface area contributed by atoms with Crippen molar-refractivity contribution < 1.29 is 24.2 Å². The van der Waals surface area contributed by atoms with Crippen LogP contribution in [0.4, 0.5) is 5.69 Å². The smallest absolute Gasteiger partial charge is 0.335 e. The molecule has 0 bridgehead atoms. The Hall–Kier alpha value is -2.86. The summed E-state index contributed by atoms with van der Waals surface area (Å²) in [5, 5.41) is 10.3. The summed E-state index contributed by atoms with van der Waals surface area (Å²) in [5.41, 5.74) is -0.681. The average molecular weight is 404 g/mol. The first-order valence-corrected chi connectivity index (χ1v) is 9.19. The Balaban J connectivity index is 2.31. The molecule has 6 nitrogen and oxygen atoms in total. The van der Waals surface area contributed by atoms with Crippen LogP contribution in [0.2, 0.25) is 0 Å². The highest BCUT2D eigenvalue weighted by molar-refractivity contribution is 6.43. The number of Topliss-reactive ketones (excluding diaryl/α,β-unsaturated/α-hetero) is 1. The molecule has 0 heterocycles. The summed E-state index contributed by atoms with van der Waals surface area (Å²) in [4.78, 5) is 36.3. The maximum absolute atomic E-state index is 12.5. The molecule has 0 aromatic heterocycles. The van der Waals surface area contributed by atoms with Crippen LogP contribution in [0.3, 0.4) is 0 Å². The number of amides is 1. The van der Waals surface area contributed by atoms with Gasteiger partial charge in [0.2, 0.25) is 5.91 Å². The van der Waals surface area contributed by atoms with Gasteiger partial charge in [-0.05, 0) is 36.8 Å². The van der Waals surface area contributed by atoms with Crippen molar-refractivity contribution in [1.82, 2.24) is 0 Å². The lowest BCUT2D eigenvalue weighted by atomic mass is 9.83. The summed E-state index contributed by atoms with van der Waals surface area (Å²) in [6.07, 6.45) is 0.527. The molecule has 0 saturated carbocycles. The number of carboxylic acid groups (broad SMARTS) is 1. The largest absolute Gasteiger partial charge is 0.478 e. The first-order chi connectivity index (χ1) is 13.2. The summed E-state index contributed by atoms with van der Waals surface area (Å²) in [6.45, 7) is 5.27. The Morgan fingerprint density at radius 1 is 1.14 bits per heavy atom. The molecule has 1 unspecified atom stereocenters. The lowest BCUT2D eigenvalue weighted by Gasteiger charge is -2.23.